The lowest BCUT2D eigenvalue weighted by atomic mass is 10.00. The van der Waals surface area contributed by atoms with Gasteiger partial charge in [0.25, 0.3) is 5.56 Å². The van der Waals surface area contributed by atoms with Gasteiger partial charge in [-0.15, -0.1) is 0 Å². The molecule has 3 aromatic rings. The van der Waals surface area contributed by atoms with E-state index in [1.54, 1.807) is 26.1 Å². The molecule has 0 saturated carbocycles. The van der Waals surface area contributed by atoms with Crippen LogP contribution in [0.15, 0.2) is 21.7 Å². The van der Waals surface area contributed by atoms with Gasteiger partial charge in [0.05, 0.1) is 30.3 Å². The zero-order chi connectivity index (χ0) is 23.7. The van der Waals surface area contributed by atoms with Crippen LogP contribution in [-0.2, 0) is 25.3 Å². The van der Waals surface area contributed by atoms with E-state index in [0.717, 1.165) is 10.1 Å². The van der Waals surface area contributed by atoms with E-state index in [-0.39, 0.29) is 12.3 Å². The number of halogens is 1. The van der Waals surface area contributed by atoms with Gasteiger partial charge in [-0.1, -0.05) is 11.6 Å². The quantitative estimate of drug-likeness (QED) is 0.606. The van der Waals surface area contributed by atoms with Gasteiger partial charge in [0.2, 0.25) is 5.91 Å². The largest absolute Gasteiger partial charge is 0.495 e. The molecule has 170 valence electrons. The summed E-state index contributed by atoms with van der Waals surface area (Å²) in [7, 11) is 5.99. The Morgan fingerprint density at radius 1 is 1.09 bits per heavy atom. The van der Waals surface area contributed by atoms with Crippen molar-refractivity contribution in [3.05, 3.63) is 54.8 Å². The summed E-state index contributed by atoms with van der Waals surface area (Å²) in [6.45, 7) is 3.61. The molecule has 10 heteroatoms. The summed E-state index contributed by atoms with van der Waals surface area (Å²) in [4.78, 5) is 42.1. The molecule has 0 aliphatic carbocycles. The van der Waals surface area contributed by atoms with E-state index in [4.69, 9.17) is 21.1 Å². The highest BCUT2D eigenvalue weighted by atomic mass is 35.5. The second kappa shape index (κ2) is 9.04. The van der Waals surface area contributed by atoms with Crippen molar-refractivity contribution in [2.75, 3.05) is 19.5 Å². The van der Waals surface area contributed by atoms with Gasteiger partial charge in [-0.2, -0.15) is 0 Å². The van der Waals surface area contributed by atoms with Crippen molar-refractivity contribution >= 4 is 34.2 Å². The monoisotopic (exact) mass is 460 g/mol. The Hall–Kier alpha value is -3.33. The fourth-order valence-corrected chi connectivity index (χ4v) is 3.96. The Balaban J connectivity index is 1.90. The maximum absolute atomic E-state index is 12.7. The summed E-state index contributed by atoms with van der Waals surface area (Å²) < 4.78 is 12.9. The van der Waals surface area contributed by atoms with E-state index in [0.29, 0.717) is 50.9 Å². The molecule has 0 aliphatic rings. The van der Waals surface area contributed by atoms with Crippen molar-refractivity contribution in [2.24, 2.45) is 14.1 Å². The van der Waals surface area contributed by atoms with Gasteiger partial charge >= 0.3 is 5.69 Å². The molecule has 1 aromatic carbocycles. The number of fused-ring (bicyclic) bond motifs is 1. The van der Waals surface area contributed by atoms with Crippen LogP contribution in [0, 0.1) is 13.8 Å². The first-order valence-corrected chi connectivity index (χ1v) is 10.3. The second-order valence-corrected chi connectivity index (χ2v) is 7.85. The maximum atomic E-state index is 12.7. The van der Waals surface area contributed by atoms with E-state index in [1.165, 1.54) is 25.8 Å². The van der Waals surface area contributed by atoms with E-state index in [9.17, 15) is 14.4 Å². The lowest BCUT2D eigenvalue weighted by Gasteiger charge is -2.15. The predicted octanol–water partition coefficient (Wildman–Crippen LogP) is 2.49. The van der Waals surface area contributed by atoms with Crippen molar-refractivity contribution in [2.45, 2.75) is 26.7 Å². The number of aryl methyl sites for hydroxylation is 3. The standard InChI is InChI=1S/C22H25ClN4O5/c1-11-13(12(2)24-20-19(11)21(29)27(4)22(30)26(20)3)7-8-18(28)25-15-9-14(23)16(31-5)10-17(15)32-6/h9-10H,7-8H2,1-6H3,(H,25,28). The Bertz CT molecular complexity index is 1340. The number of ether oxygens (including phenoxy) is 2. The highest BCUT2D eigenvalue weighted by molar-refractivity contribution is 6.32. The molecule has 9 nitrogen and oxygen atoms in total. The van der Waals surface area contributed by atoms with Gasteiger partial charge < -0.3 is 14.8 Å². The number of methoxy groups -OCH3 is 2. The van der Waals surface area contributed by atoms with Crippen LogP contribution in [0.2, 0.25) is 5.02 Å². The SMILES string of the molecule is COc1cc(OC)c(NC(=O)CCc2c(C)nc3c(c2C)c(=O)n(C)c(=O)n3C)cc1Cl. The van der Waals surface area contributed by atoms with Crippen LogP contribution in [0.4, 0.5) is 5.69 Å². The minimum Gasteiger partial charge on any atom is -0.495 e. The third-order valence-electron chi connectivity index (χ3n) is 5.52. The minimum absolute atomic E-state index is 0.147. The number of nitrogens with zero attached hydrogens (tertiary/aromatic N) is 3. The first-order valence-electron chi connectivity index (χ1n) is 9.87. The third kappa shape index (κ3) is 4.08. The number of hydrogen-bond acceptors (Lipinski definition) is 6. The Labute approximate surface area is 189 Å². The average Bonchev–Trinajstić information content (AvgIpc) is 2.75. The Morgan fingerprint density at radius 2 is 1.75 bits per heavy atom. The lowest BCUT2D eigenvalue weighted by molar-refractivity contribution is -0.116. The molecule has 0 fully saturated rings. The molecular weight excluding hydrogens is 436 g/mol. The molecule has 0 saturated heterocycles. The summed E-state index contributed by atoms with van der Waals surface area (Å²) in [6.07, 6.45) is 0.512. The number of hydrogen-bond donors (Lipinski definition) is 1. The summed E-state index contributed by atoms with van der Waals surface area (Å²) in [5.41, 5.74) is 2.08. The van der Waals surface area contributed by atoms with E-state index in [2.05, 4.69) is 10.3 Å². The van der Waals surface area contributed by atoms with Gasteiger partial charge in [-0.05, 0) is 37.5 Å². The molecule has 3 rings (SSSR count). The number of anilines is 1. The van der Waals surface area contributed by atoms with Gasteiger partial charge in [-0.25, -0.2) is 9.78 Å². The first-order chi connectivity index (χ1) is 15.1. The van der Waals surface area contributed by atoms with Gasteiger partial charge in [0.15, 0.2) is 0 Å². The van der Waals surface area contributed by atoms with Crippen LogP contribution in [0.3, 0.4) is 0 Å². The fraction of sp³-hybridized carbons (Fsp3) is 0.364. The Kier molecular flexibility index (Phi) is 6.59. The van der Waals surface area contributed by atoms with E-state index < -0.39 is 11.2 Å². The third-order valence-corrected chi connectivity index (χ3v) is 5.82. The molecule has 1 amide bonds. The number of carbonyl (C=O) groups excluding carboxylic acids is 1. The number of pyridine rings is 1. The molecule has 1 N–H and O–H groups in total. The van der Waals surface area contributed by atoms with Crippen molar-refractivity contribution in [1.29, 1.82) is 0 Å². The molecular formula is C22H25ClN4O5. The van der Waals surface area contributed by atoms with Crippen LogP contribution in [0.5, 0.6) is 11.5 Å². The van der Waals surface area contributed by atoms with E-state index >= 15 is 0 Å². The fourth-order valence-electron chi connectivity index (χ4n) is 3.72. The first kappa shape index (κ1) is 23.3. The van der Waals surface area contributed by atoms with Gasteiger partial charge in [-0.3, -0.25) is 18.7 Å². The molecule has 0 atom stereocenters. The van der Waals surface area contributed by atoms with Crippen LogP contribution < -0.4 is 26.0 Å². The van der Waals surface area contributed by atoms with Crippen molar-refractivity contribution in [3.8, 4) is 11.5 Å². The van der Waals surface area contributed by atoms with Crippen molar-refractivity contribution < 1.29 is 14.3 Å². The van der Waals surface area contributed by atoms with Crippen LogP contribution >= 0.6 is 11.6 Å². The predicted molar refractivity (Wildman–Crippen MR) is 123 cm³/mol. The number of carbonyl (C=O) groups is 1. The molecule has 32 heavy (non-hydrogen) atoms. The zero-order valence-electron chi connectivity index (χ0n) is 18.8. The van der Waals surface area contributed by atoms with Gasteiger partial charge in [0, 0.05) is 32.3 Å². The second-order valence-electron chi connectivity index (χ2n) is 7.44. The van der Waals surface area contributed by atoms with Crippen LogP contribution in [-0.4, -0.2) is 34.2 Å². The Morgan fingerprint density at radius 3 is 2.38 bits per heavy atom. The smallest absolute Gasteiger partial charge is 0.332 e. The number of rotatable bonds is 6. The number of benzene rings is 1. The molecule has 0 radical (unpaired) electrons. The summed E-state index contributed by atoms with van der Waals surface area (Å²) in [5.74, 6) is 0.603. The highest BCUT2D eigenvalue weighted by Gasteiger charge is 2.18. The van der Waals surface area contributed by atoms with Crippen molar-refractivity contribution in [1.82, 2.24) is 14.1 Å². The lowest BCUT2D eigenvalue weighted by Crippen LogP contribution is -2.38. The summed E-state index contributed by atoms with van der Waals surface area (Å²) in [5, 5.41) is 3.52. The molecule has 2 aromatic heterocycles. The zero-order valence-corrected chi connectivity index (χ0v) is 19.6. The minimum atomic E-state index is -0.437. The van der Waals surface area contributed by atoms with Gasteiger partial charge in [0.1, 0.15) is 17.1 Å². The van der Waals surface area contributed by atoms with Crippen LogP contribution in [0.1, 0.15) is 23.2 Å². The molecule has 0 aliphatic heterocycles. The average molecular weight is 461 g/mol. The summed E-state index contributed by atoms with van der Waals surface area (Å²) >= 11 is 6.17. The van der Waals surface area contributed by atoms with E-state index in [1.807, 2.05) is 6.92 Å². The molecule has 0 spiro atoms. The molecule has 0 bridgehead atoms. The summed E-state index contributed by atoms with van der Waals surface area (Å²) in [6, 6.07) is 3.16. The van der Waals surface area contributed by atoms with Crippen molar-refractivity contribution in [3.63, 3.8) is 0 Å². The molecule has 0 unspecified atom stereocenters. The highest BCUT2D eigenvalue weighted by Crippen LogP contribution is 2.36. The maximum Gasteiger partial charge on any atom is 0.332 e. The van der Waals surface area contributed by atoms with Crippen LogP contribution in [0.25, 0.3) is 11.0 Å². The number of nitrogens with one attached hydrogen (secondary N) is 1. The number of amides is 1. The normalized spacial score (nSPS) is 11.0. The molecule has 2 heterocycles. The topological polar surface area (TPSA) is 104 Å². The number of aromatic nitrogens is 3.